The largest absolute Gasteiger partial charge is 0.493 e. The summed E-state index contributed by atoms with van der Waals surface area (Å²) < 4.78 is 36.0. The van der Waals surface area contributed by atoms with Gasteiger partial charge in [0.2, 0.25) is 10.0 Å². The van der Waals surface area contributed by atoms with Crippen molar-refractivity contribution < 1.29 is 27.6 Å². The molecule has 0 saturated carbocycles. The van der Waals surface area contributed by atoms with Crippen molar-refractivity contribution in [1.29, 1.82) is 0 Å². The van der Waals surface area contributed by atoms with Gasteiger partial charge < -0.3 is 9.64 Å². The average molecular weight is 739 g/mol. The fraction of sp³-hybridized carbons (Fsp3) is 0.432. The molecule has 0 unspecified atom stereocenters. The van der Waals surface area contributed by atoms with Gasteiger partial charge in [0, 0.05) is 43.8 Å². The lowest BCUT2D eigenvalue weighted by molar-refractivity contribution is -0.170. The van der Waals surface area contributed by atoms with E-state index in [1.165, 1.54) is 24.3 Å². The van der Waals surface area contributed by atoms with Crippen LogP contribution >= 0.6 is 11.6 Å². The number of urea groups is 1. The van der Waals surface area contributed by atoms with Crippen LogP contribution in [0, 0.1) is 6.92 Å². The second-order valence-electron chi connectivity index (χ2n) is 13.7. The van der Waals surface area contributed by atoms with Crippen molar-refractivity contribution in [1.82, 2.24) is 24.5 Å². The van der Waals surface area contributed by atoms with Gasteiger partial charge >= 0.3 is 6.03 Å². The minimum atomic E-state index is -3.96. The Kier molecular flexibility index (Phi) is 11.8. The van der Waals surface area contributed by atoms with E-state index in [0.717, 1.165) is 16.7 Å². The number of aryl methyl sites for hydroxylation is 1. The maximum atomic E-state index is 14.9. The Labute approximate surface area is 306 Å². The number of ether oxygens (including phenoxy) is 1. The highest BCUT2D eigenvalue weighted by Gasteiger charge is 2.45. The van der Waals surface area contributed by atoms with Gasteiger partial charge in [-0.2, -0.15) is 0 Å². The summed E-state index contributed by atoms with van der Waals surface area (Å²) in [4.78, 5) is 43.2. The van der Waals surface area contributed by atoms with Gasteiger partial charge in [-0.3, -0.25) is 24.4 Å². The number of nitrogens with one attached hydrogen (secondary N) is 1. The molecule has 2 aliphatic heterocycles. The summed E-state index contributed by atoms with van der Waals surface area (Å²) in [5.41, 5.74) is 2.41. The number of hydrogen-bond donors (Lipinski definition) is 1. The number of rotatable bonds is 10. The zero-order valence-electron chi connectivity index (χ0n) is 30.2. The molecule has 2 heterocycles. The predicted octanol–water partition coefficient (Wildman–Crippen LogP) is 5.43. The molecule has 3 aromatic rings. The minimum absolute atomic E-state index is 0.0205. The van der Waals surface area contributed by atoms with E-state index in [1.54, 1.807) is 55.8 Å². The highest BCUT2D eigenvalue weighted by molar-refractivity contribution is 7.89. The molecule has 0 radical (unpaired) electrons. The first kappa shape index (κ1) is 38.2. The van der Waals surface area contributed by atoms with E-state index in [9.17, 15) is 18.0 Å². The van der Waals surface area contributed by atoms with E-state index in [-0.39, 0.29) is 23.4 Å². The Hall–Kier alpha value is -4.01. The number of likely N-dealkylation sites (N-methyl/N-ethyl adjacent to an activating group) is 1. The fourth-order valence-corrected chi connectivity index (χ4v) is 7.77. The lowest BCUT2D eigenvalue weighted by Gasteiger charge is -2.39. The van der Waals surface area contributed by atoms with Crippen LogP contribution in [0.3, 0.4) is 0 Å². The lowest BCUT2D eigenvalue weighted by Crippen LogP contribution is -2.55. The standard InChI is InChI=1S/C37H47ClN6O6S/c1-8-50-31-18-17-29(51(47,48)40-37(3,4)5)23-30(31)35-39-33(26-11-9-25(2)10-12-26)34(27-13-15-28(38)16-14-27)44(35)36(46)43-21-19-42(20-22-43)24-32(45)41(6)49-7/h9-18,23,33-34,40H,8,19-22,24H2,1-7H3/t33-,34+/m0/s1. The summed E-state index contributed by atoms with van der Waals surface area (Å²) in [5, 5.41) is 1.74. The van der Waals surface area contributed by atoms with E-state index < -0.39 is 27.6 Å². The van der Waals surface area contributed by atoms with Crippen molar-refractivity contribution >= 4 is 39.4 Å². The van der Waals surface area contributed by atoms with Crippen molar-refractivity contribution in [2.45, 2.75) is 57.1 Å². The maximum Gasteiger partial charge on any atom is 0.326 e. The second kappa shape index (κ2) is 15.7. The van der Waals surface area contributed by atoms with Gasteiger partial charge in [0.25, 0.3) is 5.91 Å². The van der Waals surface area contributed by atoms with Crippen LogP contribution in [0.4, 0.5) is 4.79 Å². The van der Waals surface area contributed by atoms with Gasteiger partial charge in [-0.25, -0.2) is 23.0 Å². The maximum absolute atomic E-state index is 14.9. The summed E-state index contributed by atoms with van der Waals surface area (Å²) in [7, 11) is -0.958. The smallest absolute Gasteiger partial charge is 0.326 e. The SMILES string of the molecule is CCOc1ccc(S(=O)(=O)NC(C)(C)C)cc1C1=N[C@@H](c2ccc(C)cc2)[C@@H](c2ccc(Cl)cc2)N1C(=O)N1CCN(CC(=O)N(C)OC)CC1. The summed E-state index contributed by atoms with van der Waals surface area (Å²) in [6, 6.07) is 18.6. The van der Waals surface area contributed by atoms with E-state index in [2.05, 4.69) is 4.72 Å². The molecule has 1 N–H and O–H groups in total. The first-order chi connectivity index (χ1) is 24.1. The van der Waals surface area contributed by atoms with Crippen LogP contribution in [0.1, 0.15) is 62.0 Å². The first-order valence-electron chi connectivity index (χ1n) is 16.9. The molecular formula is C37H47ClN6O6S. The van der Waals surface area contributed by atoms with Gasteiger partial charge in [0.05, 0.1) is 36.8 Å². The number of sulfonamides is 1. The van der Waals surface area contributed by atoms with Crippen molar-refractivity contribution in [2.24, 2.45) is 4.99 Å². The molecule has 1 fully saturated rings. The molecule has 3 amide bonds. The average Bonchev–Trinajstić information content (AvgIpc) is 3.48. The molecule has 0 bridgehead atoms. The third-order valence-corrected chi connectivity index (χ3v) is 10.8. The van der Waals surface area contributed by atoms with E-state index >= 15 is 0 Å². The monoisotopic (exact) mass is 738 g/mol. The Morgan fingerprint density at radius 3 is 2.20 bits per heavy atom. The molecule has 1 saturated heterocycles. The number of nitrogens with zero attached hydrogens (tertiary/aromatic N) is 5. The van der Waals surface area contributed by atoms with Gasteiger partial charge in [-0.1, -0.05) is 53.6 Å². The Morgan fingerprint density at radius 1 is 0.980 bits per heavy atom. The number of hydrogen-bond acceptors (Lipinski definition) is 8. The minimum Gasteiger partial charge on any atom is -0.493 e. The second-order valence-corrected chi connectivity index (χ2v) is 15.9. The van der Waals surface area contributed by atoms with Gasteiger partial charge in [-0.05, 0) is 76.1 Å². The normalized spacial score (nSPS) is 18.5. The van der Waals surface area contributed by atoms with Crippen LogP contribution in [0.25, 0.3) is 0 Å². The summed E-state index contributed by atoms with van der Waals surface area (Å²) >= 11 is 6.34. The number of hydroxylamine groups is 2. The summed E-state index contributed by atoms with van der Waals surface area (Å²) in [6.07, 6.45) is 0. The quantitative estimate of drug-likeness (QED) is 0.276. The molecule has 51 heavy (non-hydrogen) atoms. The molecule has 2 atom stereocenters. The Balaban J connectivity index is 1.63. The third kappa shape index (κ3) is 8.90. The van der Waals surface area contributed by atoms with Gasteiger partial charge in [0.1, 0.15) is 17.6 Å². The van der Waals surface area contributed by atoms with Crippen LogP contribution in [0.15, 0.2) is 76.6 Å². The van der Waals surface area contributed by atoms with Crippen molar-refractivity contribution in [2.75, 3.05) is 53.5 Å². The zero-order valence-corrected chi connectivity index (χ0v) is 31.8. The number of carbonyl (C=O) groups excluding carboxylic acids is 2. The van der Waals surface area contributed by atoms with E-state index in [1.807, 2.05) is 55.1 Å². The molecule has 5 rings (SSSR count). The Bertz CT molecular complexity index is 1860. The van der Waals surface area contributed by atoms with Crippen LogP contribution < -0.4 is 9.46 Å². The van der Waals surface area contributed by atoms with Crippen LogP contribution in [0.5, 0.6) is 5.75 Å². The van der Waals surface area contributed by atoms with Crippen LogP contribution in [-0.2, 0) is 19.7 Å². The van der Waals surface area contributed by atoms with Crippen LogP contribution in [0.2, 0.25) is 5.02 Å². The van der Waals surface area contributed by atoms with Gasteiger partial charge in [-0.15, -0.1) is 0 Å². The number of amides is 3. The summed E-state index contributed by atoms with van der Waals surface area (Å²) in [5.74, 6) is 0.504. The molecule has 0 aliphatic carbocycles. The van der Waals surface area contributed by atoms with Crippen molar-refractivity contribution in [3.05, 3.63) is 94.0 Å². The predicted molar refractivity (Wildman–Crippen MR) is 197 cm³/mol. The highest BCUT2D eigenvalue weighted by atomic mass is 35.5. The highest BCUT2D eigenvalue weighted by Crippen LogP contribution is 2.45. The molecule has 0 aromatic heterocycles. The first-order valence-corrected chi connectivity index (χ1v) is 18.8. The van der Waals surface area contributed by atoms with Crippen molar-refractivity contribution in [3.63, 3.8) is 0 Å². The fourth-order valence-electron chi connectivity index (χ4n) is 6.19. The van der Waals surface area contributed by atoms with E-state index in [4.69, 9.17) is 26.2 Å². The number of halogens is 1. The topological polar surface area (TPSA) is 124 Å². The number of amidine groups is 1. The zero-order chi connectivity index (χ0) is 37.1. The molecule has 12 nitrogen and oxygen atoms in total. The lowest BCUT2D eigenvalue weighted by atomic mass is 9.93. The molecule has 0 spiro atoms. The number of aliphatic imine (C=N–C) groups is 1. The van der Waals surface area contributed by atoms with Crippen molar-refractivity contribution in [3.8, 4) is 5.75 Å². The molecular weight excluding hydrogens is 692 g/mol. The van der Waals surface area contributed by atoms with Crippen LogP contribution in [-0.4, -0.2) is 105 Å². The molecule has 2 aliphatic rings. The third-order valence-electron chi connectivity index (χ3n) is 8.77. The number of benzene rings is 3. The van der Waals surface area contributed by atoms with E-state index in [0.29, 0.717) is 55.0 Å². The molecule has 274 valence electrons. The van der Waals surface area contributed by atoms with Gasteiger partial charge in [0.15, 0.2) is 0 Å². The summed E-state index contributed by atoms with van der Waals surface area (Å²) in [6.45, 7) is 11.3. The molecule has 3 aromatic carbocycles. The number of carbonyl (C=O) groups is 2. The molecule has 14 heteroatoms. The number of piperazine rings is 1. The Morgan fingerprint density at radius 2 is 1.61 bits per heavy atom.